The molecule has 0 fully saturated rings. The highest BCUT2D eigenvalue weighted by Gasteiger charge is 2.03. The number of aromatic hydroxyl groups is 1. The van der Waals surface area contributed by atoms with E-state index in [0.717, 1.165) is 22.4 Å². The number of nitrogens with one attached hydrogen (secondary N) is 1. The smallest absolute Gasteiger partial charge is 0.168 e. The lowest BCUT2D eigenvalue weighted by atomic mass is 10.0. The molecule has 18 heavy (non-hydrogen) atoms. The maximum Gasteiger partial charge on any atom is 0.168 e. The van der Waals surface area contributed by atoms with E-state index in [2.05, 4.69) is 5.32 Å². The Hall–Kier alpha value is -2.07. The maximum atomic E-state index is 9.28. The van der Waals surface area contributed by atoms with Crippen LogP contribution in [0.2, 0.25) is 0 Å². The van der Waals surface area contributed by atoms with Gasteiger partial charge in [-0.2, -0.15) is 0 Å². The third kappa shape index (κ3) is 2.78. The third-order valence-corrected chi connectivity index (χ3v) is 2.80. The van der Waals surface area contributed by atoms with Gasteiger partial charge < -0.3 is 16.2 Å². The van der Waals surface area contributed by atoms with E-state index in [0.29, 0.717) is 0 Å². The van der Waals surface area contributed by atoms with Gasteiger partial charge in [-0.1, -0.05) is 24.3 Å². The molecular formula is C14H14N2OS. The fourth-order valence-electron chi connectivity index (χ4n) is 1.72. The average Bonchev–Trinajstić information content (AvgIpc) is 2.32. The van der Waals surface area contributed by atoms with E-state index in [4.69, 9.17) is 18.0 Å². The van der Waals surface area contributed by atoms with Crippen molar-refractivity contribution in [2.75, 3.05) is 5.32 Å². The highest BCUT2D eigenvalue weighted by atomic mass is 32.1. The second-order valence-electron chi connectivity index (χ2n) is 4.07. The number of phenolic OH excluding ortho intramolecular Hbond substituents is 1. The summed E-state index contributed by atoms with van der Waals surface area (Å²) < 4.78 is 0. The van der Waals surface area contributed by atoms with Crippen molar-refractivity contribution in [1.29, 1.82) is 0 Å². The van der Waals surface area contributed by atoms with Crippen LogP contribution in [-0.2, 0) is 0 Å². The zero-order valence-electron chi connectivity index (χ0n) is 9.97. The van der Waals surface area contributed by atoms with Crippen LogP contribution in [0.4, 0.5) is 5.69 Å². The molecule has 92 valence electrons. The number of thiocarbonyl (C=S) groups is 1. The molecule has 0 aliphatic rings. The van der Waals surface area contributed by atoms with Crippen LogP contribution in [0.3, 0.4) is 0 Å². The fourth-order valence-corrected chi connectivity index (χ4v) is 1.83. The lowest BCUT2D eigenvalue weighted by Gasteiger charge is -2.10. The van der Waals surface area contributed by atoms with Gasteiger partial charge in [0.1, 0.15) is 5.75 Å². The Labute approximate surface area is 111 Å². The fraction of sp³-hybridized carbons (Fsp3) is 0.0714. The molecule has 0 amide bonds. The van der Waals surface area contributed by atoms with Crippen molar-refractivity contribution >= 4 is 23.0 Å². The van der Waals surface area contributed by atoms with Crippen LogP contribution in [0.5, 0.6) is 5.75 Å². The molecule has 3 nitrogen and oxygen atoms in total. The lowest BCUT2D eigenvalue weighted by Crippen LogP contribution is -2.19. The molecule has 0 aliphatic heterocycles. The van der Waals surface area contributed by atoms with E-state index in [1.54, 1.807) is 12.1 Å². The van der Waals surface area contributed by atoms with Crippen molar-refractivity contribution in [3.05, 3.63) is 48.0 Å². The second-order valence-corrected chi connectivity index (χ2v) is 4.51. The van der Waals surface area contributed by atoms with Gasteiger partial charge in [-0.05, 0) is 54.0 Å². The summed E-state index contributed by atoms with van der Waals surface area (Å²) in [4.78, 5) is 0. The van der Waals surface area contributed by atoms with Crippen molar-refractivity contribution in [3.63, 3.8) is 0 Å². The van der Waals surface area contributed by atoms with Gasteiger partial charge in [0, 0.05) is 5.69 Å². The number of hydrogen-bond acceptors (Lipinski definition) is 2. The van der Waals surface area contributed by atoms with Crippen LogP contribution in [0, 0.1) is 6.92 Å². The molecule has 0 aliphatic carbocycles. The average molecular weight is 258 g/mol. The number of benzene rings is 2. The summed E-state index contributed by atoms with van der Waals surface area (Å²) >= 11 is 4.85. The number of nitrogens with two attached hydrogens (primary N) is 1. The topological polar surface area (TPSA) is 58.3 Å². The van der Waals surface area contributed by atoms with Crippen molar-refractivity contribution in [1.82, 2.24) is 0 Å². The number of phenols is 1. The predicted molar refractivity (Wildman–Crippen MR) is 78.7 cm³/mol. The minimum Gasteiger partial charge on any atom is -0.508 e. The molecule has 4 N–H and O–H groups in total. The maximum absolute atomic E-state index is 9.28. The normalized spacial score (nSPS) is 10.1. The molecule has 0 saturated heterocycles. The van der Waals surface area contributed by atoms with E-state index in [9.17, 15) is 5.11 Å². The van der Waals surface area contributed by atoms with Crippen LogP contribution in [-0.4, -0.2) is 10.2 Å². The Morgan fingerprint density at radius 3 is 2.33 bits per heavy atom. The predicted octanol–water partition coefficient (Wildman–Crippen LogP) is 3.02. The summed E-state index contributed by atoms with van der Waals surface area (Å²) in [5, 5.41) is 12.5. The summed E-state index contributed by atoms with van der Waals surface area (Å²) in [7, 11) is 0. The molecule has 0 bridgehead atoms. The number of aryl methyl sites for hydroxylation is 1. The first-order valence-electron chi connectivity index (χ1n) is 5.53. The number of anilines is 1. The highest BCUT2D eigenvalue weighted by Crippen LogP contribution is 2.26. The molecule has 0 heterocycles. The largest absolute Gasteiger partial charge is 0.508 e. The second kappa shape index (κ2) is 5.06. The van der Waals surface area contributed by atoms with Crippen molar-refractivity contribution < 1.29 is 5.11 Å². The van der Waals surface area contributed by atoms with Crippen LogP contribution < -0.4 is 11.1 Å². The molecule has 2 aromatic rings. The van der Waals surface area contributed by atoms with Crippen molar-refractivity contribution in [2.45, 2.75) is 6.92 Å². The zero-order chi connectivity index (χ0) is 13.1. The first kappa shape index (κ1) is 12.4. The van der Waals surface area contributed by atoms with Gasteiger partial charge in [-0.15, -0.1) is 0 Å². The third-order valence-electron chi connectivity index (χ3n) is 2.70. The molecule has 0 radical (unpaired) electrons. The Kier molecular flexibility index (Phi) is 3.48. The summed E-state index contributed by atoms with van der Waals surface area (Å²) in [6.45, 7) is 1.99. The Morgan fingerprint density at radius 1 is 1.11 bits per heavy atom. The van der Waals surface area contributed by atoms with Crippen molar-refractivity contribution in [2.24, 2.45) is 5.73 Å². The van der Waals surface area contributed by atoms with Crippen LogP contribution in [0.15, 0.2) is 42.5 Å². The Morgan fingerprint density at radius 2 is 1.72 bits per heavy atom. The minimum absolute atomic E-state index is 0.251. The molecule has 2 rings (SSSR count). The molecule has 2 aromatic carbocycles. The molecule has 0 aromatic heterocycles. The van der Waals surface area contributed by atoms with E-state index in [-0.39, 0.29) is 10.9 Å². The molecular weight excluding hydrogens is 244 g/mol. The summed E-state index contributed by atoms with van der Waals surface area (Å²) in [5.41, 5.74) is 9.53. The van der Waals surface area contributed by atoms with E-state index in [1.165, 1.54) is 0 Å². The summed E-state index contributed by atoms with van der Waals surface area (Å²) in [5.74, 6) is 0.257. The standard InChI is InChI=1S/C14H14N2OS/c1-9-2-3-11(8-13(9)16-14(15)18)10-4-6-12(17)7-5-10/h2-8,17H,1H3,(H3,15,16,18). The van der Waals surface area contributed by atoms with E-state index < -0.39 is 0 Å². The molecule has 4 heteroatoms. The minimum atomic E-state index is 0.251. The van der Waals surface area contributed by atoms with Gasteiger partial charge in [-0.25, -0.2) is 0 Å². The molecule has 0 saturated carbocycles. The summed E-state index contributed by atoms with van der Waals surface area (Å²) in [6.07, 6.45) is 0. The van der Waals surface area contributed by atoms with Gasteiger partial charge >= 0.3 is 0 Å². The first-order valence-corrected chi connectivity index (χ1v) is 5.93. The van der Waals surface area contributed by atoms with Gasteiger partial charge in [0.05, 0.1) is 0 Å². The van der Waals surface area contributed by atoms with Crippen LogP contribution in [0.25, 0.3) is 11.1 Å². The zero-order valence-corrected chi connectivity index (χ0v) is 10.8. The first-order chi connectivity index (χ1) is 8.56. The lowest BCUT2D eigenvalue weighted by molar-refractivity contribution is 0.475. The van der Waals surface area contributed by atoms with Crippen LogP contribution >= 0.6 is 12.2 Å². The quantitative estimate of drug-likeness (QED) is 0.725. The van der Waals surface area contributed by atoms with Gasteiger partial charge in [0.25, 0.3) is 0 Å². The van der Waals surface area contributed by atoms with Gasteiger partial charge in [0.2, 0.25) is 0 Å². The number of hydrogen-bond donors (Lipinski definition) is 3. The monoisotopic (exact) mass is 258 g/mol. The van der Waals surface area contributed by atoms with Gasteiger partial charge in [-0.3, -0.25) is 0 Å². The van der Waals surface area contributed by atoms with E-state index >= 15 is 0 Å². The SMILES string of the molecule is Cc1ccc(-c2ccc(O)cc2)cc1NC(N)=S. The van der Waals surface area contributed by atoms with Crippen molar-refractivity contribution in [3.8, 4) is 16.9 Å². The molecule has 0 spiro atoms. The Bertz CT molecular complexity index is 579. The summed E-state index contributed by atoms with van der Waals surface area (Å²) in [6, 6.07) is 13.1. The van der Waals surface area contributed by atoms with Crippen LogP contribution in [0.1, 0.15) is 5.56 Å². The molecule has 0 atom stereocenters. The number of rotatable bonds is 2. The van der Waals surface area contributed by atoms with Gasteiger partial charge in [0.15, 0.2) is 5.11 Å². The Balaban J connectivity index is 2.40. The highest BCUT2D eigenvalue weighted by molar-refractivity contribution is 7.80. The van der Waals surface area contributed by atoms with E-state index in [1.807, 2.05) is 37.3 Å². The molecule has 0 unspecified atom stereocenters.